The van der Waals surface area contributed by atoms with Gasteiger partial charge in [0, 0.05) is 25.0 Å². The number of rotatable bonds is 3. The molecular weight excluding hydrogens is 224 g/mol. The van der Waals surface area contributed by atoms with Crippen molar-refractivity contribution in [2.24, 2.45) is 23.5 Å². The minimum Gasteiger partial charge on any atom is -0.342 e. The highest BCUT2D eigenvalue weighted by Crippen LogP contribution is 2.31. The van der Waals surface area contributed by atoms with Crippen LogP contribution in [0, 0.1) is 17.8 Å². The Kier molecular flexibility index (Phi) is 4.66. The first-order chi connectivity index (χ1) is 8.61. The first kappa shape index (κ1) is 13.9. The molecule has 0 radical (unpaired) electrons. The number of likely N-dealkylation sites (tertiary alicyclic amines) is 1. The van der Waals surface area contributed by atoms with Gasteiger partial charge in [-0.2, -0.15) is 0 Å². The molecule has 3 nitrogen and oxygen atoms in total. The van der Waals surface area contributed by atoms with E-state index in [1.54, 1.807) is 0 Å². The molecule has 4 unspecified atom stereocenters. The van der Waals surface area contributed by atoms with Crippen LogP contribution < -0.4 is 5.73 Å². The van der Waals surface area contributed by atoms with E-state index in [2.05, 4.69) is 18.7 Å². The number of nitrogens with zero attached hydrogens (tertiary/aromatic N) is 1. The number of carbonyl (C=O) groups is 1. The summed E-state index contributed by atoms with van der Waals surface area (Å²) in [7, 11) is 0. The quantitative estimate of drug-likeness (QED) is 0.838. The van der Waals surface area contributed by atoms with Crippen molar-refractivity contribution >= 4 is 5.91 Å². The van der Waals surface area contributed by atoms with Crippen LogP contribution in [0.25, 0.3) is 0 Å². The number of amides is 1. The van der Waals surface area contributed by atoms with E-state index in [4.69, 9.17) is 5.73 Å². The van der Waals surface area contributed by atoms with Gasteiger partial charge in [-0.15, -0.1) is 0 Å². The fourth-order valence-corrected chi connectivity index (χ4v) is 3.52. The fraction of sp³-hybridized carbons (Fsp3) is 0.933. The molecule has 2 aliphatic rings. The normalized spacial score (nSPS) is 36.9. The zero-order valence-corrected chi connectivity index (χ0v) is 11.9. The summed E-state index contributed by atoms with van der Waals surface area (Å²) < 4.78 is 0. The van der Waals surface area contributed by atoms with E-state index in [1.165, 1.54) is 19.3 Å². The average Bonchev–Trinajstić information content (AvgIpc) is 2.81. The van der Waals surface area contributed by atoms with Crippen LogP contribution in [0.1, 0.15) is 52.4 Å². The predicted octanol–water partition coefficient (Wildman–Crippen LogP) is 2.40. The molecule has 1 amide bonds. The second kappa shape index (κ2) is 6.05. The van der Waals surface area contributed by atoms with E-state index in [0.29, 0.717) is 11.8 Å². The van der Waals surface area contributed by atoms with Gasteiger partial charge in [0.15, 0.2) is 0 Å². The molecular formula is C15H28N2O. The first-order valence-corrected chi connectivity index (χ1v) is 7.66. The predicted molar refractivity (Wildman–Crippen MR) is 74.1 cm³/mol. The lowest BCUT2D eigenvalue weighted by molar-refractivity contribution is -0.136. The van der Waals surface area contributed by atoms with E-state index in [0.717, 1.165) is 38.3 Å². The van der Waals surface area contributed by atoms with Gasteiger partial charge in [-0.05, 0) is 43.9 Å². The smallest absolute Gasteiger partial charge is 0.225 e. The Morgan fingerprint density at radius 3 is 2.78 bits per heavy atom. The van der Waals surface area contributed by atoms with E-state index in [-0.39, 0.29) is 12.0 Å². The Bertz CT molecular complexity index is 292. The second-order valence-corrected chi connectivity index (χ2v) is 6.38. The Morgan fingerprint density at radius 2 is 2.11 bits per heavy atom. The molecule has 104 valence electrons. The molecule has 1 heterocycles. The molecule has 2 rings (SSSR count). The van der Waals surface area contributed by atoms with Crippen molar-refractivity contribution in [3.8, 4) is 0 Å². The largest absolute Gasteiger partial charge is 0.342 e. The zero-order valence-electron chi connectivity index (χ0n) is 11.9. The van der Waals surface area contributed by atoms with Crippen LogP contribution in [0.4, 0.5) is 0 Å². The second-order valence-electron chi connectivity index (χ2n) is 6.38. The molecule has 0 spiro atoms. The molecule has 1 aliphatic heterocycles. The third kappa shape index (κ3) is 3.05. The van der Waals surface area contributed by atoms with Crippen LogP contribution >= 0.6 is 0 Å². The lowest BCUT2D eigenvalue weighted by atomic mass is 9.79. The average molecular weight is 252 g/mol. The molecule has 2 N–H and O–H groups in total. The number of hydrogen-bond acceptors (Lipinski definition) is 2. The molecule has 0 aromatic rings. The Morgan fingerprint density at radius 1 is 1.33 bits per heavy atom. The monoisotopic (exact) mass is 252 g/mol. The highest BCUT2D eigenvalue weighted by molar-refractivity contribution is 5.79. The Labute approximate surface area is 111 Å². The van der Waals surface area contributed by atoms with Crippen LogP contribution in [0.5, 0.6) is 0 Å². The van der Waals surface area contributed by atoms with Crippen molar-refractivity contribution in [1.29, 1.82) is 0 Å². The molecule has 1 saturated heterocycles. The van der Waals surface area contributed by atoms with Crippen molar-refractivity contribution < 1.29 is 4.79 Å². The van der Waals surface area contributed by atoms with Gasteiger partial charge in [0.25, 0.3) is 0 Å². The summed E-state index contributed by atoms with van der Waals surface area (Å²) in [5.41, 5.74) is 6.11. The van der Waals surface area contributed by atoms with Gasteiger partial charge in [0.1, 0.15) is 0 Å². The van der Waals surface area contributed by atoms with E-state index >= 15 is 0 Å². The van der Waals surface area contributed by atoms with E-state index < -0.39 is 0 Å². The summed E-state index contributed by atoms with van der Waals surface area (Å²) in [6.07, 6.45) is 6.76. The van der Waals surface area contributed by atoms with E-state index in [9.17, 15) is 4.79 Å². The van der Waals surface area contributed by atoms with Crippen LogP contribution in [0.15, 0.2) is 0 Å². The van der Waals surface area contributed by atoms with Crippen LogP contribution in [0.3, 0.4) is 0 Å². The maximum absolute atomic E-state index is 12.5. The summed E-state index contributed by atoms with van der Waals surface area (Å²) in [5.74, 6) is 1.92. The minimum atomic E-state index is 0.205. The third-order valence-electron chi connectivity index (χ3n) is 4.90. The van der Waals surface area contributed by atoms with Gasteiger partial charge < -0.3 is 10.6 Å². The van der Waals surface area contributed by atoms with Gasteiger partial charge in [-0.3, -0.25) is 4.79 Å². The van der Waals surface area contributed by atoms with Crippen LogP contribution in [-0.2, 0) is 4.79 Å². The summed E-state index contributed by atoms with van der Waals surface area (Å²) in [5, 5.41) is 0. The molecule has 0 aromatic heterocycles. The minimum absolute atomic E-state index is 0.205. The molecule has 2 fully saturated rings. The van der Waals surface area contributed by atoms with Gasteiger partial charge in [0.2, 0.25) is 5.91 Å². The maximum atomic E-state index is 12.5. The molecule has 0 aromatic carbocycles. The molecule has 0 bridgehead atoms. The standard InChI is InChI=1S/C15H28N2O/c1-3-4-12-7-8-17(10-12)15(18)13-6-5-11(2)14(16)9-13/h11-14H,3-10,16H2,1-2H3. The summed E-state index contributed by atoms with van der Waals surface area (Å²) in [6.45, 7) is 6.41. The lowest BCUT2D eigenvalue weighted by Gasteiger charge is -2.33. The lowest BCUT2D eigenvalue weighted by Crippen LogP contribution is -2.42. The molecule has 3 heteroatoms. The fourth-order valence-electron chi connectivity index (χ4n) is 3.52. The van der Waals surface area contributed by atoms with Crippen molar-refractivity contribution in [3.05, 3.63) is 0 Å². The van der Waals surface area contributed by atoms with E-state index in [1.807, 2.05) is 0 Å². The van der Waals surface area contributed by atoms with Crippen molar-refractivity contribution in [2.45, 2.75) is 58.4 Å². The molecule has 1 aliphatic carbocycles. The summed E-state index contributed by atoms with van der Waals surface area (Å²) in [4.78, 5) is 14.6. The highest BCUT2D eigenvalue weighted by Gasteiger charge is 2.34. The maximum Gasteiger partial charge on any atom is 0.225 e. The molecule has 4 atom stereocenters. The van der Waals surface area contributed by atoms with Crippen molar-refractivity contribution in [1.82, 2.24) is 4.90 Å². The van der Waals surface area contributed by atoms with Crippen LogP contribution in [0.2, 0.25) is 0 Å². The molecule has 18 heavy (non-hydrogen) atoms. The van der Waals surface area contributed by atoms with Crippen molar-refractivity contribution in [3.63, 3.8) is 0 Å². The Hall–Kier alpha value is -0.570. The molecule has 1 saturated carbocycles. The van der Waals surface area contributed by atoms with Crippen LogP contribution in [-0.4, -0.2) is 29.9 Å². The topological polar surface area (TPSA) is 46.3 Å². The van der Waals surface area contributed by atoms with Gasteiger partial charge in [-0.1, -0.05) is 20.3 Å². The van der Waals surface area contributed by atoms with Crippen molar-refractivity contribution in [2.75, 3.05) is 13.1 Å². The third-order valence-corrected chi connectivity index (χ3v) is 4.90. The SMILES string of the molecule is CCCC1CCN(C(=O)C2CCC(C)C(N)C2)C1. The Balaban J connectivity index is 1.85. The van der Waals surface area contributed by atoms with Gasteiger partial charge in [0.05, 0.1) is 0 Å². The number of nitrogens with two attached hydrogens (primary N) is 1. The van der Waals surface area contributed by atoms with Gasteiger partial charge >= 0.3 is 0 Å². The zero-order chi connectivity index (χ0) is 13.1. The summed E-state index contributed by atoms with van der Waals surface area (Å²) >= 11 is 0. The number of hydrogen-bond donors (Lipinski definition) is 1. The van der Waals surface area contributed by atoms with Gasteiger partial charge in [-0.25, -0.2) is 0 Å². The highest BCUT2D eigenvalue weighted by atomic mass is 16.2. The summed E-state index contributed by atoms with van der Waals surface area (Å²) in [6, 6.07) is 0.224. The number of carbonyl (C=O) groups excluding carboxylic acids is 1. The first-order valence-electron chi connectivity index (χ1n) is 7.66.